The van der Waals surface area contributed by atoms with Crippen molar-refractivity contribution in [3.8, 4) is 0 Å². The van der Waals surface area contributed by atoms with E-state index in [9.17, 15) is 13.2 Å². The number of hydrogen-bond donors (Lipinski definition) is 1. The van der Waals surface area contributed by atoms with Crippen LogP contribution >= 0.6 is 11.6 Å². The van der Waals surface area contributed by atoms with Gasteiger partial charge in [-0.05, 0) is 23.8 Å². The lowest BCUT2D eigenvalue weighted by molar-refractivity contribution is -0.141. The highest BCUT2D eigenvalue weighted by atomic mass is 35.5. The van der Waals surface area contributed by atoms with Crippen molar-refractivity contribution in [3.63, 3.8) is 0 Å². The zero-order valence-corrected chi connectivity index (χ0v) is 10.3. The first-order valence-corrected chi connectivity index (χ1v) is 5.73. The smallest absolute Gasteiger partial charge is 0.364 e. The molecule has 0 spiro atoms. The molecule has 1 aromatic heterocycles. The molecule has 0 saturated heterocycles. The molecule has 0 radical (unpaired) electrons. The van der Waals surface area contributed by atoms with Gasteiger partial charge in [0.1, 0.15) is 5.82 Å². The number of alkyl halides is 3. The number of nitrogens with zero attached hydrogens (tertiary/aromatic N) is 2. The molecule has 100 valence electrons. The van der Waals surface area contributed by atoms with E-state index < -0.39 is 11.9 Å². The van der Waals surface area contributed by atoms with Gasteiger partial charge in [0.05, 0.1) is 0 Å². The SMILES string of the molecule is FC(F)(F)c1ccc(NCc2ccccc2Cl)nn1. The first kappa shape index (κ1) is 13.6. The van der Waals surface area contributed by atoms with Gasteiger partial charge in [-0.2, -0.15) is 13.2 Å². The van der Waals surface area contributed by atoms with Crippen LogP contribution in [0.5, 0.6) is 0 Å². The minimum atomic E-state index is -4.48. The topological polar surface area (TPSA) is 37.8 Å². The molecule has 1 heterocycles. The third kappa shape index (κ3) is 3.57. The van der Waals surface area contributed by atoms with E-state index in [1.54, 1.807) is 12.1 Å². The third-order valence-electron chi connectivity index (χ3n) is 2.37. The predicted octanol–water partition coefficient (Wildman–Crippen LogP) is 3.76. The summed E-state index contributed by atoms with van der Waals surface area (Å²) < 4.78 is 36.8. The summed E-state index contributed by atoms with van der Waals surface area (Å²) in [5, 5.41) is 10.0. The van der Waals surface area contributed by atoms with Gasteiger partial charge in [0.2, 0.25) is 0 Å². The summed E-state index contributed by atoms with van der Waals surface area (Å²) in [7, 11) is 0. The minimum Gasteiger partial charge on any atom is -0.364 e. The molecule has 3 nitrogen and oxygen atoms in total. The zero-order valence-electron chi connectivity index (χ0n) is 9.58. The van der Waals surface area contributed by atoms with Gasteiger partial charge in [0.15, 0.2) is 5.69 Å². The Kier molecular flexibility index (Phi) is 3.90. The Morgan fingerprint density at radius 1 is 1.05 bits per heavy atom. The number of halogens is 4. The Balaban J connectivity index is 2.03. The van der Waals surface area contributed by atoms with Crippen LogP contribution in [-0.4, -0.2) is 10.2 Å². The average Bonchev–Trinajstić information content (AvgIpc) is 2.37. The Hall–Kier alpha value is -1.82. The average molecular weight is 288 g/mol. The van der Waals surface area contributed by atoms with Crippen molar-refractivity contribution in [2.45, 2.75) is 12.7 Å². The van der Waals surface area contributed by atoms with Crippen LogP contribution in [0.3, 0.4) is 0 Å². The summed E-state index contributed by atoms with van der Waals surface area (Å²) in [5.41, 5.74) is -0.193. The Morgan fingerprint density at radius 2 is 1.79 bits per heavy atom. The molecule has 0 aliphatic carbocycles. The second-order valence-electron chi connectivity index (χ2n) is 3.75. The summed E-state index contributed by atoms with van der Waals surface area (Å²) >= 11 is 5.95. The second-order valence-corrected chi connectivity index (χ2v) is 4.15. The van der Waals surface area contributed by atoms with Gasteiger partial charge >= 0.3 is 6.18 Å². The molecule has 19 heavy (non-hydrogen) atoms. The zero-order chi connectivity index (χ0) is 13.9. The summed E-state index contributed by atoms with van der Waals surface area (Å²) in [6.45, 7) is 0.361. The number of rotatable bonds is 3. The van der Waals surface area contributed by atoms with Gasteiger partial charge in [0, 0.05) is 11.6 Å². The van der Waals surface area contributed by atoms with Crippen LogP contribution in [0.2, 0.25) is 5.02 Å². The number of nitrogens with one attached hydrogen (secondary N) is 1. The second kappa shape index (κ2) is 5.44. The molecule has 7 heteroatoms. The molecule has 0 amide bonds. The van der Waals surface area contributed by atoms with E-state index in [-0.39, 0.29) is 5.82 Å². The van der Waals surface area contributed by atoms with Crippen LogP contribution in [0, 0.1) is 0 Å². The standard InChI is InChI=1S/C12H9ClF3N3/c13-9-4-2-1-3-8(9)7-17-11-6-5-10(18-19-11)12(14,15)16/h1-6H,7H2,(H,17,19). The first-order chi connectivity index (χ1) is 8.97. The third-order valence-corrected chi connectivity index (χ3v) is 2.74. The van der Waals surface area contributed by atoms with E-state index in [2.05, 4.69) is 15.5 Å². The molecule has 0 fully saturated rings. The lowest BCUT2D eigenvalue weighted by atomic mass is 10.2. The number of anilines is 1. The molecular weight excluding hydrogens is 279 g/mol. The van der Waals surface area contributed by atoms with E-state index in [0.717, 1.165) is 11.6 Å². The fourth-order valence-electron chi connectivity index (χ4n) is 1.41. The molecule has 1 N–H and O–H groups in total. The van der Waals surface area contributed by atoms with E-state index in [1.807, 2.05) is 12.1 Å². The van der Waals surface area contributed by atoms with Gasteiger partial charge in [-0.3, -0.25) is 0 Å². The van der Waals surface area contributed by atoms with Crippen molar-refractivity contribution in [2.24, 2.45) is 0 Å². The maximum atomic E-state index is 12.3. The molecule has 1 aromatic carbocycles. The molecule has 2 aromatic rings. The quantitative estimate of drug-likeness (QED) is 0.934. The van der Waals surface area contributed by atoms with Gasteiger partial charge < -0.3 is 5.32 Å². The largest absolute Gasteiger partial charge is 0.435 e. The van der Waals surface area contributed by atoms with Crippen molar-refractivity contribution in [3.05, 3.63) is 52.7 Å². The Bertz CT molecular complexity index is 555. The fourth-order valence-corrected chi connectivity index (χ4v) is 1.61. The monoisotopic (exact) mass is 287 g/mol. The molecule has 0 bridgehead atoms. The van der Waals surface area contributed by atoms with Gasteiger partial charge in [-0.15, -0.1) is 10.2 Å². The van der Waals surface area contributed by atoms with E-state index in [1.165, 1.54) is 6.07 Å². The van der Waals surface area contributed by atoms with Gasteiger partial charge in [-0.1, -0.05) is 29.8 Å². The minimum absolute atomic E-state index is 0.257. The Labute approximate surface area is 112 Å². The molecule has 2 rings (SSSR count). The van der Waals surface area contributed by atoms with Crippen LogP contribution < -0.4 is 5.32 Å². The maximum absolute atomic E-state index is 12.3. The molecule has 0 atom stereocenters. The maximum Gasteiger partial charge on any atom is 0.435 e. The molecule has 0 saturated carbocycles. The summed E-state index contributed by atoms with van der Waals surface area (Å²) in [5.74, 6) is 0.257. The van der Waals surface area contributed by atoms with Crippen LogP contribution in [0.25, 0.3) is 0 Å². The summed E-state index contributed by atoms with van der Waals surface area (Å²) in [4.78, 5) is 0. The van der Waals surface area contributed by atoms with Gasteiger partial charge in [-0.25, -0.2) is 0 Å². The van der Waals surface area contributed by atoms with Crippen LogP contribution in [0.15, 0.2) is 36.4 Å². The van der Waals surface area contributed by atoms with E-state index in [4.69, 9.17) is 11.6 Å². The van der Waals surface area contributed by atoms with Crippen LogP contribution in [0.1, 0.15) is 11.3 Å². The van der Waals surface area contributed by atoms with E-state index >= 15 is 0 Å². The van der Waals surface area contributed by atoms with E-state index in [0.29, 0.717) is 11.6 Å². The molecule has 0 unspecified atom stereocenters. The highest BCUT2D eigenvalue weighted by Crippen LogP contribution is 2.27. The number of benzene rings is 1. The van der Waals surface area contributed by atoms with Gasteiger partial charge in [0.25, 0.3) is 0 Å². The van der Waals surface area contributed by atoms with Crippen LogP contribution in [-0.2, 0) is 12.7 Å². The van der Waals surface area contributed by atoms with Crippen LogP contribution in [0.4, 0.5) is 19.0 Å². The number of hydrogen-bond acceptors (Lipinski definition) is 3. The first-order valence-electron chi connectivity index (χ1n) is 5.35. The highest BCUT2D eigenvalue weighted by Gasteiger charge is 2.32. The molecular formula is C12H9ClF3N3. The molecule has 0 aliphatic rings. The normalized spacial score (nSPS) is 11.4. The fraction of sp³-hybridized carbons (Fsp3) is 0.167. The van der Waals surface area contributed by atoms with Crippen molar-refractivity contribution in [2.75, 3.05) is 5.32 Å². The van der Waals surface area contributed by atoms with Crippen molar-refractivity contribution in [1.29, 1.82) is 0 Å². The van der Waals surface area contributed by atoms with Crippen molar-refractivity contribution in [1.82, 2.24) is 10.2 Å². The number of aromatic nitrogens is 2. The Morgan fingerprint density at radius 3 is 2.37 bits per heavy atom. The highest BCUT2D eigenvalue weighted by molar-refractivity contribution is 6.31. The molecule has 0 aliphatic heterocycles. The lowest BCUT2D eigenvalue weighted by Crippen LogP contribution is -2.10. The summed E-state index contributed by atoms with van der Waals surface area (Å²) in [6, 6.07) is 9.27. The summed E-state index contributed by atoms with van der Waals surface area (Å²) in [6.07, 6.45) is -4.48. The van der Waals surface area contributed by atoms with Crippen molar-refractivity contribution < 1.29 is 13.2 Å². The lowest BCUT2D eigenvalue weighted by Gasteiger charge is -2.08. The van der Waals surface area contributed by atoms with Crippen molar-refractivity contribution >= 4 is 17.4 Å². The predicted molar refractivity (Wildman–Crippen MR) is 65.8 cm³/mol.